The number of carbonyl (C=O) groups is 2. The molecule has 2 amide bonds. The van der Waals surface area contributed by atoms with Crippen molar-refractivity contribution < 1.29 is 27.9 Å². The lowest BCUT2D eigenvalue weighted by Gasteiger charge is -2.15. The van der Waals surface area contributed by atoms with Gasteiger partial charge in [0.05, 0.1) is 19.1 Å². The Bertz CT molecular complexity index is 528. The van der Waals surface area contributed by atoms with Crippen LogP contribution in [0.2, 0.25) is 0 Å². The van der Waals surface area contributed by atoms with E-state index in [1.54, 1.807) is 6.92 Å². The fourth-order valence-electron chi connectivity index (χ4n) is 1.72. The minimum atomic E-state index is -4.42. The number of carbonyl (C=O) groups excluding carboxylic acids is 2. The van der Waals surface area contributed by atoms with E-state index >= 15 is 0 Å². The van der Waals surface area contributed by atoms with Crippen LogP contribution in [0.4, 0.5) is 18.9 Å². The van der Waals surface area contributed by atoms with Crippen molar-refractivity contribution in [3.63, 3.8) is 0 Å². The van der Waals surface area contributed by atoms with E-state index in [-0.39, 0.29) is 17.9 Å². The van der Waals surface area contributed by atoms with Crippen LogP contribution in [0.5, 0.6) is 0 Å². The average molecular weight is 318 g/mol. The van der Waals surface area contributed by atoms with Crippen molar-refractivity contribution in [3.05, 3.63) is 29.8 Å². The van der Waals surface area contributed by atoms with Crippen LogP contribution in [0.3, 0.4) is 0 Å². The summed E-state index contributed by atoms with van der Waals surface area (Å²) in [5.41, 5.74) is -0.206. The van der Waals surface area contributed by atoms with Gasteiger partial charge in [0.1, 0.15) is 0 Å². The van der Waals surface area contributed by atoms with Gasteiger partial charge in [0.15, 0.2) is 0 Å². The Morgan fingerprint density at radius 1 is 1.23 bits per heavy atom. The molecule has 22 heavy (non-hydrogen) atoms. The Morgan fingerprint density at radius 2 is 1.86 bits per heavy atom. The number of nitrogens with one attached hydrogen (secondary N) is 2. The summed E-state index contributed by atoms with van der Waals surface area (Å²) in [5.74, 6) is -2.09. The molecule has 1 aromatic carbocycles. The molecular formula is C14H17F3N2O3. The Balaban J connectivity index is 2.78. The van der Waals surface area contributed by atoms with Crippen molar-refractivity contribution in [1.29, 1.82) is 0 Å². The molecule has 0 fully saturated rings. The fraction of sp³-hybridized carbons (Fsp3) is 0.429. The second kappa shape index (κ2) is 7.79. The summed E-state index contributed by atoms with van der Waals surface area (Å²) >= 11 is 0. The third-order valence-electron chi connectivity index (χ3n) is 2.91. The van der Waals surface area contributed by atoms with E-state index in [0.717, 1.165) is 0 Å². The Kier molecular flexibility index (Phi) is 6.36. The molecule has 8 heteroatoms. The Morgan fingerprint density at radius 3 is 2.41 bits per heavy atom. The van der Waals surface area contributed by atoms with Gasteiger partial charge in [-0.15, -0.1) is 0 Å². The summed E-state index contributed by atoms with van der Waals surface area (Å²) in [6, 6.07) is 4.80. The van der Waals surface area contributed by atoms with Crippen molar-refractivity contribution in [2.24, 2.45) is 0 Å². The number of benzene rings is 1. The summed E-state index contributed by atoms with van der Waals surface area (Å²) in [6.07, 6.45) is -5.22. The van der Waals surface area contributed by atoms with E-state index in [2.05, 4.69) is 10.6 Å². The van der Waals surface area contributed by atoms with Gasteiger partial charge in [-0.25, -0.2) is 0 Å². The molecule has 3 N–H and O–H groups in total. The van der Waals surface area contributed by atoms with Gasteiger partial charge in [-0.05, 0) is 18.1 Å². The van der Waals surface area contributed by atoms with E-state index in [9.17, 15) is 22.8 Å². The highest BCUT2D eigenvalue weighted by Gasteiger charge is 2.29. The molecule has 0 radical (unpaired) electrons. The predicted molar refractivity (Wildman–Crippen MR) is 74.1 cm³/mol. The maximum atomic E-state index is 12.5. The van der Waals surface area contributed by atoms with E-state index in [0.29, 0.717) is 6.42 Å². The largest absolute Gasteiger partial charge is 0.394 e. The van der Waals surface area contributed by atoms with Gasteiger partial charge >= 0.3 is 18.0 Å². The number of amides is 2. The van der Waals surface area contributed by atoms with Crippen molar-refractivity contribution in [3.8, 4) is 0 Å². The molecular weight excluding hydrogens is 301 g/mol. The lowest BCUT2D eigenvalue weighted by Crippen LogP contribution is -2.43. The van der Waals surface area contributed by atoms with Crippen LogP contribution in [0.1, 0.15) is 18.9 Å². The molecule has 0 aromatic heterocycles. The van der Waals surface area contributed by atoms with E-state index in [1.165, 1.54) is 24.3 Å². The van der Waals surface area contributed by atoms with E-state index < -0.39 is 30.5 Å². The molecule has 122 valence electrons. The molecule has 0 aliphatic heterocycles. The highest BCUT2D eigenvalue weighted by atomic mass is 19.4. The maximum absolute atomic E-state index is 12.5. The zero-order valence-corrected chi connectivity index (χ0v) is 11.9. The minimum absolute atomic E-state index is 0.0722. The van der Waals surface area contributed by atoms with Gasteiger partial charge in [0, 0.05) is 5.69 Å². The van der Waals surface area contributed by atoms with Gasteiger partial charge < -0.3 is 15.7 Å². The van der Waals surface area contributed by atoms with Gasteiger partial charge in [-0.3, -0.25) is 9.59 Å². The second-order valence-electron chi connectivity index (χ2n) is 4.66. The molecule has 1 unspecified atom stereocenters. The first kappa shape index (κ1) is 18.0. The number of alkyl halides is 3. The summed E-state index contributed by atoms with van der Waals surface area (Å²) in [5, 5.41) is 13.4. The molecule has 0 aliphatic rings. The van der Waals surface area contributed by atoms with Crippen molar-refractivity contribution >= 4 is 17.5 Å². The zero-order valence-electron chi connectivity index (χ0n) is 11.9. The molecule has 0 spiro atoms. The number of halogens is 3. The number of para-hydroxylation sites is 1. The van der Waals surface area contributed by atoms with Gasteiger partial charge in [0.2, 0.25) is 0 Å². The Labute approximate surface area is 125 Å². The van der Waals surface area contributed by atoms with Gasteiger partial charge in [-0.2, -0.15) is 13.2 Å². The second-order valence-corrected chi connectivity index (χ2v) is 4.66. The molecule has 5 nitrogen and oxygen atoms in total. The monoisotopic (exact) mass is 318 g/mol. The van der Waals surface area contributed by atoms with Crippen molar-refractivity contribution in [2.45, 2.75) is 32.0 Å². The van der Waals surface area contributed by atoms with Gasteiger partial charge in [-0.1, -0.05) is 25.1 Å². The number of rotatable bonds is 5. The lowest BCUT2D eigenvalue weighted by atomic mass is 10.1. The van der Waals surface area contributed by atoms with Crippen molar-refractivity contribution in [2.75, 3.05) is 11.9 Å². The van der Waals surface area contributed by atoms with E-state index in [1.807, 2.05) is 0 Å². The van der Waals surface area contributed by atoms with Crippen LogP contribution < -0.4 is 10.6 Å². The predicted octanol–water partition coefficient (Wildman–Crippen LogP) is 1.62. The SMILES string of the molecule is CCC(CO)NC(=O)C(=O)Nc1ccccc1CC(F)(F)F. The smallest absolute Gasteiger partial charge is 0.393 e. The van der Waals surface area contributed by atoms with Crippen LogP contribution in [-0.2, 0) is 16.0 Å². The zero-order chi connectivity index (χ0) is 16.8. The van der Waals surface area contributed by atoms with Crippen LogP contribution in [-0.4, -0.2) is 35.7 Å². The first-order chi connectivity index (χ1) is 10.3. The lowest BCUT2D eigenvalue weighted by molar-refractivity contribution is -0.136. The molecule has 0 bridgehead atoms. The summed E-state index contributed by atoms with van der Waals surface area (Å²) in [6.45, 7) is 1.37. The van der Waals surface area contributed by atoms with Crippen LogP contribution in [0.25, 0.3) is 0 Å². The molecule has 1 aromatic rings. The Hall–Kier alpha value is -2.09. The standard InChI is InChI=1S/C14H17F3N2O3/c1-2-10(8-20)18-12(21)13(22)19-11-6-4-3-5-9(11)7-14(15,16)17/h3-6,10,20H,2,7-8H2,1H3,(H,18,21)(H,19,22). The third kappa shape index (κ3) is 5.72. The quantitative estimate of drug-likeness (QED) is 0.722. The molecule has 1 atom stereocenters. The number of aliphatic hydroxyl groups excluding tert-OH is 1. The molecule has 0 saturated carbocycles. The number of hydrogen-bond donors (Lipinski definition) is 3. The van der Waals surface area contributed by atoms with Crippen LogP contribution >= 0.6 is 0 Å². The normalized spacial score (nSPS) is 12.6. The third-order valence-corrected chi connectivity index (χ3v) is 2.91. The summed E-state index contributed by atoms with van der Waals surface area (Å²) in [4.78, 5) is 23.3. The first-order valence-corrected chi connectivity index (χ1v) is 6.64. The molecule has 0 aliphatic carbocycles. The molecule has 0 heterocycles. The van der Waals surface area contributed by atoms with Crippen LogP contribution in [0, 0.1) is 0 Å². The number of hydrogen-bond acceptors (Lipinski definition) is 3. The number of anilines is 1. The fourth-order valence-corrected chi connectivity index (χ4v) is 1.72. The minimum Gasteiger partial charge on any atom is -0.394 e. The number of aliphatic hydroxyl groups is 1. The molecule has 0 saturated heterocycles. The topological polar surface area (TPSA) is 78.4 Å². The highest BCUT2D eigenvalue weighted by Crippen LogP contribution is 2.25. The van der Waals surface area contributed by atoms with E-state index in [4.69, 9.17) is 5.11 Å². The maximum Gasteiger partial charge on any atom is 0.393 e. The van der Waals surface area contributed by atoms with Gasteiger partial charge in [0.25, 0.3) is 0 Å². The van der Waals surface area contributed by atoms with Crippen LogP contribution in [0.15, 0.2) is 24.3 Å². The first-order valence-electron chi connectivity index (χ1n) is 6.64. The summed E-state index contributed by atoms with van der Waals surface area (Å²) < 4.78 is 37.4. The highest BCUT2D eigenvalue weighted by molar-refractivity contribution is 6.39. The average Bonchev–Trinajstić information content (AvgIpc) is 2.44. The van der Waals surface area contributed by atoms with Crippen molar-refractivity contribution in [1.82, 2.24) is 5.32 Å². The molecule has 1 rings (SSSR count). The summed E-state index contributed by atoms with van der Waals surface area (Å²) in [7, 11) is 0.